The Morgan fingerprint density at radius 3 is 2.69 bits per heavy atom. The molecule has 0 bridgehead atoms. The van der Waals surface area contributed by atoms with E-state index in [-0.39, 0.29) is 28.5 Å². The lowest BCUT2D eigenvalue weighted by atomic mass is 10.1. The van der Waals surface area contributed by atoms with E-state index in [2.05, 4.69) is 10.3 Å². The quantitative estimate of drug-likeness (QED) is 0.479. The van der Waals surface area contributed by atoms with Gasteiger partial charge in [-0.05, 0) is 59.8 Å². The van der Waals surface area contributed by atoms with E-state index >= 15 is 0 Å². The second kappa shape index (κ2) is 8.46. The Balaban J connectivity index is 2.09. The molecule has 9 heteroatoms. The summed E-state index contributed by atoms with van der Waals surface area (Å²) in [6, 6.07) is 7.94. The number of nitrogens with two attached hydrogens (primary N) is 1. The number of aromatic nitrogens is 1. The zero-order valence-corrected chi connectivity index (χ0v) is 17.7. The van der Waals surface area contributed by atoms with Crippen LogP contribution in [0.3, 0.4) is 0 Å². The molecule has 0 unspecified atom stereocenters. The molecule has 1 amide bonds. The number of hydrogen-bond donors (Lipinski definition) is 2. The van der Waals surface area contributed by atoms with Crippen molar-refractivity contribution in [2.45, 2.75) is 6.92 Å². The summed E-state index contributed by atoms with van der Waals surface area (Å²) in [5.41, 5.74) is 6.49. The highest BCUT2D eigenvalue weighted by Crippen LogP contribution is 2.31. The number of carbonyl (C=O) groups excluding carboxylic acids is 2. The minimum absolute atomic E-state index is 0.0213. The topological polar surface area (TPSA) is 97.5 Å². The van der Waals surface area contributed by atoms with E-state index in [9.17, 15) is 14.0 Å². The number of likely N-dealkylation sites (N-methyl/N-ethyl adjacent to an activating group) is 1. The van der Waals surface area contributed by atoms with Crippen molar-refractivity contribution in [2.24, 2.45) is 5.73 Å². The predicted molar refractivity (Wildman–Crippen MR) is 114 cm³/mol. The van der Waals surface area contributed by atoms with Crippen LogP contribution >= 0.6 is 22.6 Å². The average Bonchev–Trinajstić information content (AvgIpc) is 2.67. The van der Waals surface area contributed by atoms with Gasteiger partial charge in [-0.2, -0.15) is 0 Å². The molecule has 3 N–H and O–H groups in total. The number of halogens is 2. The van der Waals surface area contributed by atoms with Crippen molar-refractivity contribution >= 4 is 40.1 Å². The molecule has 1 aliphatic heterocycles. The number of anilines is 1. The summed E-state index contributed by atoms with van der Waals surface area (Å²) in [4.78, 5) is 29.2. The number of carbonyl (C=O) groups is 1. The number of amides is 1. The normalized spacial score (nSPS) is 13.7. The van der Waals surface area contributed by atoms with Crippen LogP contribution in [0.4, 0.5) is 10.1 Å². The van der Waals surface area contributed by atoms with Gasteiger partial charge in [-0.25, -0.2) is 9.18 Å². The Morgan fingerprint density at radius 2 is 2.10 bits per heavy atom. The van der Waals surface area contributed by atoms with Gasteiger partial charge in [-0.3, -0.25) is 9.78 Å². The second-order valence-electron chi connectivity index (χ2n) is 6.13. The number of pyridine rings is 1. The highest BCUT2D eigenvalue weighted by atomic mass is 127. The SMILES string of the molecule is Cc1ccc(OC2=CC(=C=O)N(C)C(Nc3ccc(I)cc3F)=C2C(N)=O)cn1. The Kier molecular flexibility index (Phi) is 6.00. The third-order valence-electron chi connectivity index (χ3n) is 4.09. The van der Waals surface area contributed by atoms with Gasteiger partial charge in [0.1, 0.15) is 34.4 Å². The summed E-state index contributed by atoms with van der Waals surface area (Å²) < 4.78 is 20.8. The Bertz CT molecular complexity index is 1090. The first-order chi connectivity index (χ1) is 13.8. The van der Waals surface area contributed by atoms with Gasteiger partial charge in [0.15, 0.2) is 5.94 Å². The number of rotatable bonds is 5. The maximum absolute atomic E-state index is 14.4. The van der Waals surface area contributed by atoms with E-state index in [0.717, 1.165) is 5.69 Å². The number of aryl methyl sites for hydroxylation is 1. The van der Waals surface area contributed by atoms with Gasteiger partial charge in [0.05, 0.1) is 11.9 Å². The number of allylic oxidation sites excluding steroid dienone is 1. The number of nitrogens with zero attached hydrogens (tertiary/aromatic N) is 2. The summed E-state index contributed by atoms with van der Waals surface area (Å²) >= 11 is 1.98. The fourth-order valence-electron chi connectivity index (χ4n) is 2.62. The van der Waals surface area contributed by atoms with Crippen molar-refractivity contribution in [1.82, 2.24) is 9.88 Å². The highest BCUT2D eigenvalue weighted by molar-refractivity contribution is 14.1. The predicted octanol–water partition coefficient (Wildman–Crippen LogP) is 2.87. The van der Waals surface area contributed by atoms with Crippen LogP contribution < -0.4 is 15.8 Å². The van der Waals surface area contributed by atoms with Crippen molar-refractivity contribution in [3.05, 3.63) is 80.5 Å². The molecule has 0 radical (unpaired) electrons. The Labute approximate surface area is 179 Å². The number of nitrogens with one attached hydrogen (secondary N) is 1. The second-order valence-corrected chi connectivity index (χ2v) is 7.37. The first-order valence-electron chi connectivity index (χ1n) is 8.37. The van der Waals surface area contributed by atoms with Gasteiger partial charge in [-0.1, -0.05) is 0 Å². The van der Waals surface area contributed by atoms with Crippen LogP contribution in [-0.2, 0) is 9.59 Å². The minimum Gasteiger partial charge on any atom is -0.455 e. The smallest absolute Gasteiger partial charge is 0.256 e. The molecule has 1 aromatic carbocycles. The van der Waals surface area contributed by atoms with E-state index in [0.29, 0.717) is 9.32 Å². The van der Waals surface area contributed by atoms with Crippen LogP contribution in [0.15, 0.2) is 65.5 Å². The van der Waals surface area contributed by atoms with Gasteiger partial charge < -0.3 is 20.7 Å². The van der Waals surface area contributed by atoms with Gasteiger partial charge in [0, 0.05) is 22.4 Å². The first kappa shape index (κ1) is 20.6. The highest BCUT2D eigenvalue weighted by Gasteiger charge is 2.30. The van der Waals surface area contributed by atoms with Crippen LogP contribution in [-0.4, -0.2) is 28.8 Å². The molecule has 0 saturated carbocycles. The lowest BCUT2D eigenvalue weighted by Gasteiger charge is -2.30. The molecule has 2 heterocycles. The van der Waals surface area contributed by atoms with E-state index in [1.807, 2.05) is 29.5 Å². The monoisotopic (exact) mass is 506 g/mol. The third kappa shape index (κ3) is 4.47. The molecule has 0 fully saturated rings. The zero-order chi connectivity index (χ0) is 21.1. The van der Waals surface area contributed by atoms with Crippen molar-refractivity contribution in [3.63, 3.8) is 0 Å². The molecule has 0 saturated heterocycles. The largest absolute Gasteiger partial charge is 0.455 e. The summed E-state index contributed by atoms with van der Waals surface area (Å²) in [5, 5.41) is 2.84. The maximum Gasteiger partial charge on any atom is 0.256 e. The Hall–Kier alpha value is -3.17. The van der Waals surface area contributed by atoms with E-state index in [1.165, 1.54) is 36.4 Å². The molecule has 1 aromatic heterocycles. The summed E-state index contributed by atoms with van der Waals surface area (Å²) in [5.74, 6) is 0.885. The van der Waals surface area contributed by atoms with Gasteiger partial charge in [0.2, 0.25) is 0 Å². The number of primary amides is 1. The van der Waals surface area contributed by atoms with Crippen molar-refractivity contribution in [3.8, 4) is 5.75 Å². The standard InChI is InChI=1S/C20H16FIN4O3/c1-11-3-5-14(9-24-11)29-17-8-13(10-27)26(2)20(18(17)19(23)28)25-16-6-4-12(22)7-15(16)21/h3-9,25H,1-2H3,(H2,23,28). The summed E-state index contributed by atoms with van der Waals surface area (Å²) in [6.45, 7) is 1.82. The van der Waals surface area contributed by atoms with Crippen LogP contribution in [0.1, 0.15) is 5.69 Å². The maximum atomic E-state index is 14.4. The van der Waals surface area contributed by atoms with E-state index in [4.69, 9.17) is 10.5 Å². The lowest BCUT2D eigenvalue weighted by Crippen LogP contribution is -2.33. The van der Waals surface area contributed by atoms with Crippen molar-refractivity contribution in [1.29, 1.82) is 0 Å². The van der Waals surface area contributed by atoms with E-state index < -0.39 is 11.7 Å². The first-order valence-corrected chi connectivity index (χ1v) is 9.45. The van der Waals surface area contributed by atoms with Gasteiger partial charge in [0.25, 0.3) is 5.91 Å². The number of benzene rings is 1. The molecular formula is C20H16FIN4O3. The summed E-state index contributed by atoms with van der Waals surface area (Å²) in [6.07, 6.45) is 2.81. The third-order valence-corrected chi connectivity index (χ3v) is 4.77. The molecular weight excluding hydrogens is 490 g/mol. The Morgan fingerprint density at radius 1 is 1.34 bits per heavy atom. The number of ether oxygens (including phenoxy) is 1. The lowest BCUT2D eigenvalue weighted by molar-refractivity contribution is -0.114. The molecule has 7 nitrogen and oxygen atoms in total. The molecule has 0 aliphatic carbocycles. The number of hydrogen-bond acceptors (Lipinski definition) is 6. The zero-order valence-electron chi connectivity index (χ0n) is 15.5. The van der Waals surface area contributed by atoms with Crippen molar-refractivity contribution < 1.29 is 18.7 Å². The van der Waals surface area contributed by atoms with Gasteiger partial charge in [-0.15, -0.1) is 0 Å². The van der Waals surface area contributed by atoms with Crippen molar-refractivity contribution in [2.75, 3.05) is 12.4 Å². The van der Waals surface area contributed by atoms with Gasteiger partial charge >= 0.3 is 0 Å². The van der Waals surface area contributed by atoms with Crippen LogP contribution in [0, 0.1) is 16.3 Å². The van der Waals surface area contributed by atoms with Crippen LogP contribution in [0.2, 0.25) is 0 Å². The van der Waals surface area contributed by atoms with Crippen LogP contribution in [0.25, 0.3) is 0 Å². The fourth-order valence-corrected chi connectivity index (χ4v) is 3.07. The van der Waals surface area contributed by atoms with E-state index in [1.54, 1.807) is 24.1 Å². The molecule has 2 aromatic rings. The summed E-state index contributed by atoms with van der Waals surface area (Å²) in [7, 11) is 1.52. The average molecular weight is 506 g/mol. The van der Waals surface area contributed by atoms with Crippen LogP contribution in [0.5, 0.6) is 5.75 Å². The fraction of sp³-hybridized carbons (Fsp3) is 0.100. The molecule has 0 atom stereocenters. The minimum atomic E-state index is -0.818. The molecule has 3 rings (SSSR count). The molecule has 1 aliphatic rings. The molecule has 29 heavy (non-hydrogen) atoms. The molecule has 148 valence electrons. The molecule has 0 spiro atoms.